The molecule has 24 heavy (non-hydrogen) atoms. The summed E-state index contributed by atoms with van der Waals surface area (Å²) in [5.74, 6) is -2.61. The van der Waals surface area contributed by atoms with Crippen LogP contribution in [-0.4, -0.2) is 14.4 Å². The van der Waals surface area contributed by atoms with E-state index in [0.717, 1.165) is 11.6 Å². The monoisotopic (exact) mass is 355 g/mol. The summed E-state index contributed by atoms with van der Waals surface area (Å²) in [5, 5.41) is 4.99. The van der Waals surface area contributed by atoms with Gasteiger partial charge in [0.25, 0.3) is 0 Å². The average molecular weight is 355 g/mol. The van der Waals surface area contributed by atoms with Crippen LogP contribution >= 0.6 is 0 Å². The van der Waals surface area contributed by atoms with Crippen LogP contribution in [0.5, 0.6) is 0 Å². The van der Waals surface area contributed by atoms with Crippen LogP contribution in [0.1, 0.15) is 17.5 Å². The number of aryl methyl sites for hydroxylation is 1. The van der Waals surface area contributed by atoms with Crippen LogP contribution < -0.4 is 5.14 Å². The maximum atomic E-state index is 13.4. The number of benzene rings is 2. The van der Waals surface area contributed by atoms with Crippen LogP contribution in [-0.2, 0) is 32.6 Å². The molecule has 0 aromatic heterocycles. The molecule has 2 rings (SSSR count). The zero-order chi connectivity index (χ0) is 17.7. The Balaban J connectivity index is 1.86. The van der Waals surface area contributed by atoms with E-state index in [0.29, 0.717) is 6.42 Å². The van der Waals surface area contributed by atoms with Crippen LogP contribution in [0.4, 0.5) is 8.78 Å². The standard InChI is InChI=1S/C16H15F2NO4S/c17-14-3-1-2-12(16(14)18)10-23-15(20)9-6-11-4-7-13(8-5-11)24(19,21)22/h1-5,7-8H,6,9-10H2,(H2,19,21,22). The molecule has 0 aliphatic heterocycles. The summed E-state index contributed by atoms with van der Waals surface area (Å²) in [6, 6.07) is 9.41. The second-order valence-corrected chi connectivity index (χ2v) is 6.62. The quantitative estimate of drug-likeness (QED) is 0.806. The van der Waals surface area contributed by atoms with E-state index in [1.165, 1.54) is 24.3 Å². The number of primary sulfonamides is 1. The number of ether oxygens (including phenoxy) is 1. The number of esters is 1. The number of hydrogen-bond acceptors (Lipinski definition) is 4. The molecule has 0 saturated heterocycles. The molecule has 0 atom stereocenters. The lowest BCUT2D eigenvalue weighted by molar-refractivity contribution is -0.145. The van der Waals surface area contributed by atoms with Gasteiger partial charge in [-0.1, -0.05) is 24.3 Å². The van der Waals surface area contributed by atoms with Gasteiger partial charge in [0.1, 0.15) is 6.61 Å². The summed E-state index contributed by atoms with van der Waals surface area (Å²) in [6.45, 7) is -0.354. The predicted molar refractivity (Wildman–Crippen MR) is 82.3 cm³/mol. The van der Waals surface area contributed by atoms with Gasteiger partial charge in [-0.05, 0) is 30.2 Å². The lowest BCUT2D eigenvalue weighted by Crippen LogP contribution is -2.12. The highest BCUT2D eigenvalue weighted by Crippen LogP contribution is 2.14. The van der Waals surface area contributed by atoms with Crippen molar-refractivity contribution in [2.75, 3.05) is 0 Å². The largest absolute Gasteiger partial charge is 0.461 e. The molecule has 2 aromatic carbocycles. The van der Waals surface area contributed by atoms with Crippen molar-refractivity contribution in [3.05, 3.63) is 65.2 Å². The van der Waals surface area contributed by atoms with E-state index in [1.54, 1.807) is 12.1 Å². The molecule has 0 spiro atoms. The third kappa shape index (κ3) is 4.84. The fraction of sp³-hybridized carbons (Fsp3) is 0.188. The highest BCUT2D eigenvalue weighted by molar-refractivity contribution is 7.89. The molecule has 0 amide bonds. The van der Waals surface area contributed by atoms with Crippen LogP contribution in [0.25, 0.3) is 0 Å². The summed E-state index contributed by atoms with van der Waals surface area (Å²) < 4.78 is 53.6. The first kappa shape index (κ1) is 18.0. The summed E-state index contributed by atoms with van der Waals surface area (Å²) in [5.41, 5.74) is 0.678. The Kier molecular flexibility index (Phi) is 5.63. The van der Waals surface area contributed by atoms with E-state index < -0.39 is 27.6 Å². The lowest BCUT2D eigenvalue weighted by Gasteiger charge is -2.07. The number of rotatable bonds is 6. The van der Waals surface area contributed by atoms with E-state index in [2.05, 4.69) is 0 Å². The van der Waals surface area contributed by atoms with Crippen LogP contribution in [0.15, 0.2) is 47.4 Å². The van der Waals surface area contributed by atoms with Gasteiger partial charge in [-0.15, -0.1) is 0 Å². The maximum Gasteiger partial charge on any atom is 0.306 e. The fourth-order valence-electron chi connectivity index (χ4n) is 1.98. The molecule has 0 heterocycles. The Hall–Kier alpha value is -2.32. The highest BCUT2D eigenvalue weighted by Gasteiger charge is 2.11. The summed E-state index contributed by atoms with van der Waals surface area (Å²) >= 11 is 0. The van der Waals surface area contributed by atoms with Crippen LogP contribution in [0, 0.1) is 11.6 Å². The third-order valence-corrected chi connectivity index (χ3v) is 4.22. The number of halogens is 2. The smallest absolute Gasteiger partial charge is 0.306 e. The van der Waals surface area contributed by atoms with E-state index >= 15 is 0 Å². The predicted octanol–water partition coefficient (Wildman–Crippen LogP) is 2.29. The van der Waals surface area contributed by atoms with Crippen molar-refractivity contribution in [2.24, 2.45) is 5.14 Å². The van der Waals surface area contributed by atoms with Gasteiger partial charge in [0.2, 0.25) is 10.0 Å². The number of nitrogens with two attached hydrogens (primary N) is 1. The minimum atomic E-state index is -3.76. The first-order valence-corrected chi connectivity index (χ1v) is 8.52. The van der Waals surface area contributed by atoms with Crippen molar-refractivity contribution in [3.8, 4) is 0 Å². The molecule has 2 aromatic rings. The SMILES string of the molecule is NS(=O)(=O)c1ccc(CCC(=O)OCc2cccc(F)c2F)cc1. The van der Waals surface area contributed by atoms with Gasteiger partial charge in [0.15, 0.2) is 11.6 Å². The second kappa shape index (κ2) is 7.50. The molecule has 0 fully saturated rings. The van der Waals surface area contributed by atoms with Gasteiger partial charge in [-0.25, -0.2) is 22.3 Å². The van der Waals surface area contributed by atoms with Crippen molar-refractivity contribution in [1.82, 2.24) is 0 Å². The van der Waals surface area contributed by atoms with E-state index in [9.17, 15) is 22.0 Å². The molecule has 8 heteroatoms. The molecule has 128 valence electrons. The molecular formula is C16H15F2NO4S. The van der Waals surface area contributed by atoms with E-state index in [-0.39, 0.29) is 23.5 Å². The highest BCUT2D eigenvalue weighted by atomic mass is 32.2. The number of hydrogen-bond donors (Lipinski definition) is 1. The minimum absolute atomic E-state index is 0.0181. The van der Waals surface area contributed by atoms with Crippen molar-refractivity contribution in [3.63, 3.8) is 0 Å². The van der Waals surface area contributed by atoms with Crippen molar-refractivity contribution < 1.29 is 26.7 Å². The molecule has 0 bridgehead atoms. The molecule has 0 radical (unpaired) electrons. The molecule has 0 aliphatic carbocycles. The summed E-state index contributed by atoms with van der Waals surface area (Å²) in [4.78, 5) is 11.6. The molecule has 0 saturated carbocycles. The zero-order valence-corrected chi connectivity index (χ0v) is 13.4. The Morgan fingerprint density at radius 3 is 2.38 bits per heavy atom. The van der Waals surface area contributed by atoms with Gasteiger partial charge >= 0.3 is 5.97 Å². The number of sulfonamides is 1. The van der Waals surface area contributed by atoms with Crippen LogP contribution in [0.3, 0.4) is 0 Å². The second-order valence-electron chi connectivity index (χ2n) is 5.06. The molecule has 5 nitrogen and oxygen atoms in total. The zero-order valence-electron chi connectivity index (χ0n) is 12.5. The fourth-order valence-corrected chi connectivity index (χ4v) is 2.50. The Morgan fingerprint density at radius 1 is 1.08 bits per heavy atom. The van der Waals surface area contributed by atoms with Crippen molar-refractivity contribution in [2.45, 2.75) is 24.3 Å². The van der Waals surface area contributed by atoms with Gasteiger partial charge < -0.3 is 4.74 Å². The molecular weight excluding hydrogens is 340 g/mol. The first-order valence-electron chi connectivity index (χ1n) is 6.97. The topological polar surface area (TPSA) is 86.5 Å². The molecule has 0 unspecified atom stereocenters. The Morgan fingerprint density at radius 2 is 1.75 bits per heavy atom. The van der Waals surface area contributed by atoms with Crippen LogP contribution in [0.2, 0.25) is 0 Å². The number of carbonyl (C=O) groups excluding carboxylic acids is 1. The van der Waals surface area contributed by atoms with Gasteiger partial charge in [-0.3, -0.25) is 4.79 Å². The lowest BCUT2D eigenvalue weighted by atomic mass is 10.1. The van der Waals surface area contributed by atoms with Gasteiger partial charge in [0.05, 0.1) is 4.90 Å². The van der Waals surface area contributed by atoms with Crippen molar-refractivity contribution >= 4 is 16.0 Å². The van der Waals surface area contributed by atoms with E-state index in [1.807, 2.05) is 0 Å². The summed E-state index contributed by atoms with van der Waals surface area (Å²) in [7, 11) is -3.76. The van der Waals surface area contributed by atoms with Gasteiger partial charge in [0, 0.05) is 12.0 Å². The normalized spacial score (nSPS) is 11.3. The van der Waals surface area contributed by atoms with E-state index in [4.69, 9.17) is 9.88 Å². The number of carbonyl (C=O) groups is 1. The molecule has 2 N–H and O–H groups in total. The minimum Gasteiger partial charge on any atom is -0.461 e. The maximum absolute atomic E-state index is 13.4. The van der Waals surface area contributed by atoms with Crippen molar-refractivity contribution in [1.29, 1.82) is 0 Å². The summed E-state index contributed by atoms with van der Waals surface area (Å²) in [6.07, 6.45) is 0.334. The Labute approximate surface area is 138 Å². The average Bonchev–Trinajstić information content (AvgIpc) is 2.54. The Bertz CT molecular complexity index is 836. The third-order valence-electron chi connectivity index (χ3n) is 3.29. The van der Waals surface area contributed by atoms with Gasteiger partial charge in [-0.2, -0.15) is 0 Å². The first-order chi connectivity index (χ1) is 11.3. The molecule has 0 aliphatic rings.